The number of benzene rings is 4. The lowest BCUT2D eigenvalue weighted by atomic mass is 10.1. The summed E-state index contributed by atoms with van der Waals surface area (Å²) in [6.45, 7) is 0. The van der Waals surface area contributed by atoms with E-state index in [0.29, 0.717) is 22.5 Å². The monoisotopic (exact) mass is 892 g/mol. The summed E-state index contributed by atoms with van der Waals surface area (Å²) in [5, 5.41) is 4.75. The van der Waals surface area contributed by atoms with Gasteiger partial charge in [-0.15, -0.1) is 0 Å². The highest BCUT2D eigenvalue weighted by Crippen LogP contribution is 2.42. The fourth-order valence-electron chi connectivity index (χ4n) is 6.80. The maximum absolute atomic E-state index is 13.8. The zero-order valence-electron chi connectivity index (χ0n) is 33.0. The first-order chi connectivity index (χ1) is 30.4. The predicted octanol–water partition coefficient (Wildman–Crippen LogP) is 12.3. The molecule has 4 aromatic heterocycles. The summed E-state index contributed by atoms with van der Waals surface area (Å²) in [7, 11) is 2.84. The zero-order chi connectivity index (χ0) is 46.1. The number of fused-ring (bicyclic) bond motifs is 2. The number of aromatic nitrogens is 2. The lowest BCUT2D eigenvalue weighted by Gasteiger charge is -2.12. The van der Waals surface area contributed by atoms with Crippen molar-refractivity contribution >= 4 is 34.2 Å². The lowest BCUT2D eigenvalue weighted by molar-refractivity contribution is -0.137. The SMILES string of the molecule is COc1ccn2c(-c3ccc(NC(=O)c4c(F)cccc4F)cc3)c(C(F)(F)F)cc2c1.COc1ccn2c(-c3ccc(NC(=O)c4cccc(F)c4F)cc3)c(C(F)(F)F)cc2c1. The molecule has 0 fully saturated rings. The number of carbonyl (C=O) groups is 2. The molecule has 0 radical (unpaired) electrons. The van der Waals surface area contributed by atoms with Crippen LogP contribution in [-0.4, -0.2) is 34.8 Å². The Bertz CT molecular complexity index is 3010. The van der Waals surface area contributed by atoms with Crippen molar-refractivity contribution in [1.29, 1.82) is 0 Å². The molecule has 0 saturated heterocycles. The minimum atomic E-state index is -4.61. The number of hydrogen-bond donors (Lipinski definition) is 2. The van der Waals surface area contributed by atoms with Gasteiger partial charge in [0.15, 0.2) is 11.6 Å². The van der Waals surface area contributed by atoms with E-state index >= 15 is 0 Å². The van der Waals surface area contributed by atoms with Crippen molar-refractivity contribution in [2.24, 2.45) is 0 Å². The van der Waals surface area contributed by atoms with E-state index in [1.54, 1.807) is 6.07 Å². The molecule has 18 heteroatoms. The van der Waals surface area contributed by atoms with Crippen LogP contribution in [0.25, 0.3) is 33.5 Å². The van der Waals surface area contributed by atoms with Crippen LogP contribution in [0.2, 0.25) is 0 Å². The molecule has 64 heavy (non-hydrogen) atoms. The Labute approximate surface area is 355 Å². The Kier molecular flexibility index (Phi) is 12.1. The highest BCUT2D eigenvalue weighted by Gasteiger charge is 2.37. The van der Waals surface area contributed by atoms with Gasteiger partial charge in [-0.2, -0.15) is 26.3 Å². The number of amides is 2. The van der Waals surface area contributed by atoms with E-state index in [4.69, 9.17) is 9.47 Å². The van der Waals surface area contributed by atoms with E-state index in [1.807, 2.05) is 0 Å². The molecule has 8 rings (SSSR count). The van der Waals surface area contributed by atoms with Gasteiger partial charge in [-0.3, -0.25) is 9.59 Å². The Balaban J connectivity index is 0.000000191. The van der Waals surface area contributed by atoms with Crippen LogP contribution in [0.3, 0.4) is 0 Å². The van der Waals surface area contributed by atoms with Gasteiger partial charge in [0.1, 0.15) is 28.7 Å². The maximum atomic E-state index is 13.8. The van der Waals surface area contributed by atoms with Crippen LogP contribution >= 0.6 is 0 Å². The molecular weight excluding hydrogens is 863 g/mol. The highest BCUT2D eigenvalue weighted by molar-refractivity contribution is 6.05. The average molecular weight is 893 g/mol. The average Bonchev–Trinajstić information content (AvgIpc) is 3.85. The molecule has 8 nitrogen and oxygen atoms in total. The van der Waals surface area contributed by atoms with Gasteiger partial charge >= 0.3 is 12.4 Å². The number of carbonyl (C=O) groups excluding carboxylic acids is 2. The van der Waals surface area contributed by atoms with Crippen molar-refractivity contribution in [1.82, 2.24) is 8.80 Å². The molecule has 0 aliphatic rings. The molecular formula is C46H30F10N4O4. The summed E-state index contributed by atoms with van der Waals surface area (Å²) in [5.41, 5.74) is -1.63. The van der Waals surface area contributed by atoms with Crippen LogP contribution in [0.5, 0.6) is 11.5 Å². The summed E-state index contributed by atoms with van der Waals surface area (Å²) in [6.07, 6.45) is -6.27. The number of hydrogen-bond acceptors (Lipinski definition) is 4. The molecule has 0 aliphatic carbocycles. The molecule has 0 atom stereocenters. The topological polar surface area (TPSA) is 85.5 Å². The number of nitrogens with one attached hydrogen (secondary N) is 2. The van der Waals surface area contributed by atoms with E-state index in [2.05, 4.69) is 10.6 Å². The number of nitrogens with zero attached hydrogens (tertiary/aromatic N) is 2. The maximum Gasteiger partial charge on any atom is 0.418 e. The van der Waals surface area contributed by atoms with Gasteiger partial charge in [0.05, 0.1) is 42.3 Å². The molecule has 2 N–H and O–H groups in total. The number of pyridine rings is 2. The van der Waals surface area contributed by atoms with Crippen LogP contribution in [0.15, 0.2) is 134 Å². The number of methoxy groups -OCH3 is 2. The number of anilines is 2. The summed E-state index contributed by atoms with van der Waals surface area (Å²) in [4.78, 5) is 24.5. The first-order valence-corrected chi connectivity index (χ1v) is 18.6. The van der Waals surface area contributed by atoms with Crippen LogP contribution in [0, 0.1) is 23.3 Å². The third-order valence-corrected chi connectivity index (χ3v) is 9.79. The van der Waals surface area contributed by atoms with Crippen LogP contribution < -0.4 is 20.1 Å². The molecule has 0 saturated carbocycles. The molecule has 328 valence electrons. The molecule has 8 aromatic rings. The van der Waals surface area contributed by atoms with Crippen molar-refractivity contribution in [3.05, 3.63) is 179 Å². The smallest absolute Gasteiger partial charge is 0.418 e. The van der Waals surface area contributed by atoms with Gasteiger partial charge in [-0.1, -0.05) is 36.4 Å². The van der Waals surface area contributed by atoms with E-state index in [0.717, 1.165) is 42.5 Å². The zero-order valence-corrected chi connectivity index (χ0v) is 33.0. The fraction of sp³-hybridized carbons (Fsp3) is 0.0870. The first-order valence-electron chi connectivity index (χ1n) is 18.6. The molecule has 4 heterocycles. The predicted molar refractivity (Wildman–Crippen MR) is 217 cm³/mol. The third-order valence-electron chi connectivity index (χ3n) is 9.79. The molecule has 0 spiro atoms. The minimum Gasteiger partial charge on any atom is -0.497 e. The minimum absolute atomic E-state index is 0.0794. The second kappa shape index (κ2) is 17.5. The molecule has 0 aliphatic heterocycles. The molecule has 4 aromatic carbocycles. The van der Waals surface area contributed by atoms with Gasteiger partial charge in [-0.05, 0) is 83.9 Å². The van der Waals surface area contributed by atoms with Crippen LogP contribution in [0.4, 0.5) is 55.3 Å². The number of alkyl halides is 6. The summed E-state index contributed by atoms with van der Waals surface area (Å²) in [6, 6.07) is 25.4. The normalized spacial score (nSPS) is 11.6. The first kappa shape index (κ1) is 44.3. The Hall–Kier alpha value is -7.76. The summed E-state index contributed by atoms with van der Waals surface area (Å²) >= 11 is 0. The van der Waals surface area contributed by atoms with E-state index in [-0.39, 0.29) is 33.9 Å². The number of halogens is 10. The van der Waals surface area contributed by atoms with Crippen molar-refractivity contribution in [2.75, 3.05) is 24.9 Å². The van der Waals surface area contributed by atoms with Crippen molar-refractivity contribution < 1.29 is 63.0 Å². The number of ether oxygens (including phenoxy) is 2. The Morgan fingerprint density at radius 3 is 1.34 bits per heavy atom. The molecule has 0 bridgehead atoms. The summed E-state index contributed by atoms with van der Waals surface area (Å²) in [5.74, 6) is -5.56. The quantitative estimate of drug-likeness (QED) is 0.149. The van der Waals surface area contributed by atoms with Gasteiger partial charge < -0.3 is 28.9 Å². The second-order valence-electron chi connectivity index (χ2n) is 13.8. The van der Waals surface area contributed by atoms with Crippen molar-refractivity contribution in [3.63, 3.8) is 0 Å². The highest BCUT2D eigenvalue weighted by atomic mass is 19.4. The van der Waals surface area contributed by atoms with Crippen molar-refractivity contribution in [3.8, 4) is 34.0 Å². The van der Waals surface area contributed by atoms with E-state index in [1.165, 1.54) is 108 Å². The second-order valence-corrected chi connectivity index (χ2v) is 13.8. The van der Waals surface area contributed by atoms with Gasteiger partial charge in [0.25, 0.3) is 11.8 Å². The Morgan fingerprint density at radius 1 is 0.516 bits per heavy atom. The summed E-state index contributed by atoms with van der Waals surface area (Å²) < 4.78 is 150. The van der Waals surface area contributed by atoms with Gasteiger partial charge in [0.2, 0.25) is 0 Å². The third kappa shape index (κ3) is 9.06. The standard InChI is InChI=1S/2C23H15F5N2O2/c1-32-16-9-10-30-15(11-16)12-17(23(26,27)28)21(30)13-5-7-14(8-6-13)29-22(31)20-18(24)3-2-4-19(20)25;1-32-16-9-10-30-15(11-16)12-18(23(26,27)28)21(30)13-5-7-14(8-6-13)29-22(31)17-3-2-4-19(24)20(17)25/h2*2-12H,1H3,(H,29,31). The van der Waals surface area contributed by atoms with E-state index in [9.17, 15) is 53.5 Å². The molecule has 2 amide bonds. The van der Waals surface area contributed by atoms with E-state index < -0.39 is 69.7 Å². The van der Waals surface area contributed by atoms with Gasteiger partial charge in [-0.25, -0.2) is 17.6 Å². The number of rotatable bonds is 8. The largest absolute Gasteiger partial charge is 0.497 e. The molecule has 0 unspecified atom stereocenters. The van der Waals surface area contributed by atoms with Crippen LogP contribution in [-0.2, 0) is 12.4 Å². The Morgan fingerprint density at radius 2 is 0.922 bits per heavy atom. The fourth-order valence-corrected chi connectivity index (χ4v) is 6.80. The van der Waals surface area contributed by atoms with Crippen LogP contribution in [0.1, 0.15) is 31.8 Å². The van der Waals surface area contributed by atoms with Gasteiger partial charge in [0, 0.05) is 46.9 Å². The lowest BCUT2D eigenvalue weighted by Crippen LogP contribution is -2.15. The van der Waals surface area contributed by atoms with Crippen molar-refractivity contribution in [2.45, 2.75) is 12.4 Å².